The number of methoxy groups -OCH3 is 1. The predicted octanol–water partition coefficient (Wildman–Crippen LogP) is 4.27. The number of carbonyl (C=O) groups excluding carboxylic acids is 2. The molecule has 0 bridgehead atoms. The van der Waals surface area contributed by atoms with E-state index in [9.17, 15) is 9.59 Å². The second kappa shape index (κ2) is 8.48. The Morgan fingerprint density at radius 1 is 1.21 bits per heavy atom. The van der Waals surface area contributed by atoms with Gasteiger partial charge in [0.1, 0.15) is 5.75 Å². The molecule has 2 aromatic carbocycles. The molecule has 0 N–H and O–H groups in total. The molecule has 0 saturated heterocycles. The number of fused-ring (bicyclic) bond motifs is 1. The zero-order valence-corrected chi connectivity index (χ0v) is 16.9. The molecule has 1 unspecified atom stereocenters. The number of carbonyl (C=O) groups is 2. The summed E-state index contributed by atoms with van der Waals surface area (Å²) in [6.07, 6.45) is 3.85. The van der Waals surface area contributed by atoms with E-state index in [1.165, 1.54) is 6.92 Å². The quantitative estimate of drug-likeness (QED) is 0.755. The van der Waals surface area contributed by atoms with Crippen LogP contribution in [0, 0.1) is 0 Å². The third kappa shape index (κ3) is 4.20. The lowest BCUT2D eigenvalue weighted by Crippen LogP contribution is -2.35. The number of benzene rings is 2. The van der Waals surface area contributed by atoms with E-state index in [1.807, 2.05) is 30.3 Å². The second-order valence-electron chi connectivity index (χ2n) is 6.80. The fraction of sp³-hybridized carbons (Fsp3) is 0.273. The first-order valence-corrected chi connectivity index (χ1v) is 9.41. The van der Waals surface area contributed by atoms with Crippen molar-refractivity contribution in [1.29, 1.82) is 0 Å². The van der Waals surface area contributed by atoms with Crippen LogP contribution in [0.2, 0.25) is 5.02 Å². The van der Waals surface area contributed by atoms with E-state index in [0.717, 1.165) is 16.7 Å². The maximum absolute atomic E-state index is 13.0. The molecule has 2 aromatic rings. The van der Waals surface area contributed by atoms with Gasteiger partial charge in [-0.05, 0) is 35.4 Å². The molecule has 1 aliphatic heterocycles. The van der Waals surface area contributed by atoms with Crippen molar-refractivity contribution in [1.82, 2.24) is 9.80 Å². The summed E-state index contributed by atoms with van der Waals surface area (Å²) in [7, 11) is 3.33. The highest BCUT2D eigenvalue weighted by Gasteiger charge is 2.29. The molecule has 1 aliphatic rings. The summed E-state index contributed by atoms with van der Waals surface area (Å²) in [6.45, 7) is 1.88. The Kier molecular flexibility index (Phi) is 6.05. The molecule has 6 heteroatoms. The Hall–Kier alpha value is -2.79. The maximum atomic E-state index is 13.0. The summed E-state index contributed by atoms with van der Waals surface area (Å²) >= 11 is 6.09. The summed E-state index contributed by atoms with van der Waals surface area (Å²) in [6, 6.07) is 12.8. The number of hydrogen-bond acceptors (Lipinski definition) is 3. The van der Waals surface area contributed by atoms with E-state index >= 15 is 0 Å². The molecule has 0 radical (unpaired) electrons. The van der Waals surface area contributed by atoms with Gasteiger partial charge < -0.3 is 14.5 Å². The first kappa shape index (κ1) is 20.0. The Morgan fingerprint density at radius 3 is 2.68 bits per heavy atom. The SMILES string of the molecule is COc1ccc(Cl)cc1CN(C)C(=O)CC1c2ccccc2C=CN1C(C)=O. The average Bonchev–Trinajstić information content (AvgIpc) is 2.68. The van der Waals surface area contributed by atoms with Crippen molar-refractivity contribution in [2.24, 2.45) is 0 Å². The monoisotopic (exact) mass is 398 g/mol. The third-order valence-corrected chi connectivity index (χ3v) is 5.15. The van der Waals surface area contributed by atoms with Gasteiger partial charge >= 0.3 is 0 Å². The van der Waals surface area contributed by atoms with Gasteiger partial charge in [-0.2, -0.15) is 0 Å². The van der Waals surface area contributed by atoms with Crippen molar-refractivity contribution in [3.63, 3.8) is 0 Å². The van der Waals surface area contributed by atoms with Gasteiger partial charge in [0.25, 0.3) is 0 Å². The van der Waals surface area contributed by atoms with Gasteiger partial charge in [0.2, 0.25) is 11.8 Å². The molecule has 5 nitrogen and oxygen atoms in total. The van der Waals surface area contributed by atoms with Crippen molar-refractivity contribution in [3.8, 4) is 5.75 Å². The van der Waals surface area contributed by atoms with Gasteiger partial charge in [-0.25, -0.2) is 0 Å². The number of rotatable bonds is 5. The molecule has 3 rings (SSSR count). The molecule has 0 spiro atoms. The molecule has 1 heterocycles. The Balaban J connectivity index is 1.80. The van der Waals surface area contributed by atoms with Crippen molar-refractivity contribution in [3.05, 3.63) is 70.4 Å². The summed E-state index contributed by atoms with van der Waals surface area (Å²) in [5, 5.41) is 0.589. The number of ether oxygens (including phenoxy) is 1. The fourth-order valence-electron chi connectivity index (χ4n) is 3.45. The van der Waals surface area contributed by atoms with Crippen LogP contribution in [-0.4, -0.2) is 35.8 Å². The predicted molar refractivity (Wildman–Crippen MR) is 110 cm³/mol. The third-order valence-electron chi connectivity index (χ3n) is 4.91. The fourth-order valence-corrected chi connectivity index (χ4v) is 3.64. The van der Waals surface area contributed by atoms with E-state index in [1.54, 1.807) is 48.4 Å². The molecule has 0 aromatic heterocycles. The summed E-state index contributed by atoms with van der Waals surface area (Å²) in [5.74, 6) is 0.520. The largest absolute Gasteiger partial charge is 0.496 e. The highest BCUT2D eigenvalue weighted by atomic mass is 35.5. The lowest BCUT2D eigenvalue weighted by molar-refractivity contribution is -0.134. The average molecular weight is 399 g/mol. The van der Waals surface area contributed by atoms with Crippen LogP contribution in [0.3, 0.4) is 0 Å². The van der Waals surface area contributed by atoms with E-state index in [-0.39, 0.29) is 24.3 Å². The zero-order chi connectivity index (χ0) is 20.3. The number of hydrogen-bond donors (Lipinski definition) is 0. The van der Waals surface area contributed by atoms with Crippen LogP contribution < -0.4 is 4.74 Å². The number of amides is 2. The topological polar surface area (TPSA) is 49.9 Å². The van der Waals surface area contributed by atoms with Crippen molar-refractivity contribution in [2.75, 3.05) is 14.2 Å². The summed E-state index contributed by atoms with van der Waals surface area (Å²) in [4.78, 5) is 28.3. The van der Waals surface area contributed by atoms with Gasteiger partial charge in [-0.15, -0.1) is 0 Å². The van der Waals surface area contributed by atoms with Crippen LogP contribution in [0.25, 0.3) is 6.08 Å². The van der Waals surface area contributed by atoms with Crippen LogP contribution >= 0.6 is 11.6 Å². The minimum absolute atomic E-state index is 0.0663. The van der Waals surface area contributed by atoms with Gasteiger partial charge in [-0.1, -0.05) is 35.9 Å². The number of nitrogens with zero attached hydrogens (tertiary/aromatic N) is 2. The molecule has 2 amide bonds. The van der Waals surface area contributed by atoms with Gasteiger partial charge in [0, 0.05) is 37.3 Å². The molecular weight excluding hydrogens is 376 g/mol. The molecule has 0 aliphatic carbocycles. The standard InChI is InChI=1S/C22H23ClN2O3/c1-15(26)25-11-10-16-6-4-5-7-19(16)20(25)13-22(27)24(2)14-17-12-18(23)8-9-21(17)28-3/h4-12,20H,13-14H2,1-3H3. The van der Waals surface area contributed by atoms with Gasteiger partial charge in [0.05, 0.1) is 19.6 Å². The minimum Gasteiger partial charge on any atom is -0.496 e. The van der Waals surface area contributed by atoms with Gasteiger partial charge in [-0.3, -0.25) is 9.59 Å². The lowest BCUT2D eigenvalue weighted by atomic mass is 9.93. The van der Waals surface area contributed by atoms with Crippen molar-refractivity contribution < 1.29 is 14.3 Å². The first-order valence-electron chi connectivity index (χ1n) is 9.03. The van der Waals surface area contributed by atoms with E-state index in [0.29, 0.717) is 17.3 Å². The normalized spacial score (nSPS) is 15.1. The molecule has 0 fully saturated rings. The molecule has 1 atom stereocenters. The molecule has 0 saturated carbocycles. The van der Waals surface area contributed by atoms with Crippen LogP contribution in [0.4, 0.5) is 0 Å². The van der Waals surface area contributed by atoms with Crippen LogP contribution in [0.5, 0.6) is 5.75 Å². The smallest absolute Gasteiger partial charge is 0.225 e. The van der Waals surface area contributed by atoms with E-state index < -0.39 is 0 Å². The van der Waals surface area contributed by atoms with Crippen LogP contribution in [0.15, 0.2) is 48.7 Å². The summed E-state index contributed by atoms with van der Waals surface area (Å²) in [5.41, 5.74) is 2.83. The Bertz CT molecular complexity index is 926. The molecular formula is C22H23ClN2O3. The van der Waals surface area contributed by atoms with Crippen LogP contribution in [-0.2, 0) is 16.1 Å². The zero-order valence-electron chi connectivity index (χ0n) is 16.2. The number of halogens is 1. The highest BCUT2D eigenvalue weighted by Crippen LogP contribution is 2.33. The molecule has 146 valence electrons. The Labute approximate surface area is 170 Å². The Morgan fingerprint density at radius 2 is 1.96 bits per heavy atom. The van der Waals surface area contributed by atoms with Crippen LogP contribution in [0.1, 0.15) is 36.1 Å². The minimum atomic E-state index is -0.324. The van der Waals surface area contributed by atoms with Gasteiger partial charge in [0.15, 0.2) is 0 Å². The van der Waals surface area contributed by atoms with E-state index in [2.05, 4.69) is 0 Å². The van der Waals surface area contributed by atoms with E-state index in [4.69, 9.17) is 16.3 Å². The summed E-state index contributed by atoms with van der Waals surface area (Å²) < 4.78 is 5.37. The second-order valence-corrected chi connectivity index (χ2v) is 7.23. The maximum Gasteiger partial charge on any atom is 0.225 e. The van der Waals surface area contributed by atoms with Crippen molar-refractivity contribution >= 4 is 29.5 Å². The first-order chi connectivity index (χ1) is 13.4. The lowest BCUT2D eigenvalue weighted by Gasteiger charge is -2.33. The van der Waals surface area contributed by atoms with Crippen molar-refractivity contribution in [2.45, 2.75) is 25.9 Å². The molecule has 28 heavy (non-hydrogen) atoms. The highest BCUT2D eigenvalue weighted by molar-refractivity contribution is 6.30.